The normalized spacial score (nSPS) is 12.1. The molecule has 0 saturated heterocycles. The second-order valence-electron chi connectivity index (χ2n) is 6.14. The van der Waals surface area contributed by atoms with E-state index in [2.05, 4.69) is 16.7 Å². The maximum absolute atomic E-state index is 10.3. The fourth-order valence-electron chi connectivity index (χ4n) is 2.87. The van der Waals surface area contributed by atoms with Crippen molar-refractivity contribution >= 4 is 28.5 Å². The van der Waals surface area contributed by atoms with Crippen molar-refractivity contribution in [1.82, 2.24) is 4.68 Å². The van der Waals surface area contributed by atoms with Crippen LogP contribution in [0.15, 0.2) is 81.1 Å². The molecule has 6 nitrogen and oxygen atoms in total. The Morgan fingerprint density at radius 1 is 1.24 bits per heavy atom. The molecule has 29 heavy (non-hydrogen) atoms. The summed E-state index contributed by atoms with van der Waals surface area (Å²) in [5, 5.41) is 17.9. The predicted molar refractivity (Wildman–Crippen MR) is 116 cm³/mol. The van der Waals surface area contributed by atoms with Crippen molar-refractivity contribution in [3.05, 3.63) is 76.9 Å². The lowest BCUT2D eigenvalue weighted by atomic mass is 10.2. The van der Waals surface area contributed by atoms with Gasteiger partial charge in [-0.1, -0.05) is 30.3 Å². The fourth-order valence-corrected chi connectivity index (χ4v) is 3.70. The number of ether oxygens (including phenoxy) is 1. The van der Waals surface area contributed by atoms with Gasteiger partial charge in [0.25, 0.3) is 0 Å². The molecular weight excluding hydrogens is 386 g/mol. The van der Waals surface area contributed by atoms with Crippen molar-refractivity contribution < 1.29 is 14.3 Å². The van der Waals surface area contributed by atoms with Gasteiger partial charge in [-0.25, -0.2) is 4.68 Å². The number of nitrogens with zero attached hydrogens (tertiary/aromatic N) is 3. The van der Waals surface area contributed by atoms with E-state index in [1.54, 1.807) is 35.2 Å². The number of aromatic hydroxyl groups is 1. The summed E-state index contributed by atoms with van der Waals surface area (Å²) in [6.45, 7) is 4.19. The third kappa shape index (κ3) is 3.72. The topological polar surface area (TPSA) is 72.2 Å². The number of rotatable bonds is 6. The minimum absolute atomic E-state index is 0.0319. The highest BCUT2D eigenvalue weighted by Gasteiger charge is 2.13. The summed E-state index contributed by atoms with van der Waals surface area (Å²) in [5.41, 5.74) is 2.11. The van der Waals surface area contributed by atoms with Gasteiger partial charge >= 0.3 is 0 Å². The van der Waals surface area contributed by atoms with Crippen LogP contribution in [0.5, 0.6) is 11.5 Å². The van der Waals surface area contributed by atoms with Crippen LogP contribution in [0.2, 0.25) is 0 Å². The predicted octanol–water partition coefficient (Wildman–Crippen LogP) is 4.65. The summed E-state index contributed by atoms with van der Waals surface area (Å²) in [6, 6.07) is 15.1. The first-order valence-corrected chi connectivity index (χ1v) is 9.80. The molecule has 4 aromatic rings. The van der Waals surface area contributed by atoms with Crippen molar-refractivity contribution in [2.24, 2.45) is 10.1 Å². The number of benzene rings is 2. The first-order valence-electron chi connectivity index (χ1n) is 8.92. The van der Waals surface area contributed by atoms with Gasteiger partial charge in [0.05, 0.1) is 19.9 Å². The number of thiazole rings is 1. The fraction of sp³-hybridized carbons (Fsp3) is 0.0909. The lowest BCUT2D eigenvalue weighted by Gasteiger charge is -2.05. The Hall–Kier alpha value is -3.58. The Bertz CT molecular complexity index is 1230. The van der Waals surface area contributed by atoms with Crippen LogP contribution in [-0.2, 0) is 0 Å². The minimum Gasteiger partial charge on any atom is -0.504 e. The number of phenols is 1. The molecule has 0 atom stereocenters. The molecular formula is C22H19N3O3S. The van der Waals surface area contributed by atoms with Crippen LogP contribution in [0.1, 0.15) is 5.56 Å². The molecule has 0 bridgehead atoms. The quantitative estimate of drug-likeness (QED) is 0.375. The number of para-hydroxylation sites is 2. The zero-order valence-corrected chi connectivity index (χ0v) is 16.6. The summed E-state index contributed by atoms with van der Waals surface area (Å²) < 4.78 is 12.9. The Morgan fingerprint density at radius 2 is 2.10 bits per heavy atom. The van der Waals surface area contributed by atoms with Gasteiger partial charge < -0.3 is 14.3 Å². The van der Waals surface area contributed by atoms with Crippen molar-refractivity contribution in [2.45, 2.75) is 0 Å². The van der Waals surface area contributed by atoms with Gasteiger partial charge in [-0.2, -0.15) is 5.10 Å². The van der Waals surface area contributed by atoms with Gasteiger partial charge in [-0.05, 0) is 24.3 Å². The van der Waals surface area contributed by atoms with Crippen LogP contribution < -0.4 is 9.54 Å². The second-order valence-corrected chi connectivity index (χ2v) is 6.97. The molecule has 0 saturated carbocycles. The zero-order chi connectivity index (χ0) is 20.2. The molecule has 2 aromatic heterocycles. The third-order valence-electron chi connectivity index (χ3n) is 4.28. The Labute approximate surface area is 171 Å². The van der Waals surface area contributed by atoms with Crippen LogP contribution in [0.4, 0.5) is 0 Å². The molecule has 0 fully saturated rings. The number of fused-ring (bicyclic) bond motifs is 1. The number of aromatic nitrogens is 1. The molecule has 0 aliphatic rings. The van der Waals surface area contributed by atoms with Gasteiger partial charge in [-0.15, -0.1) is 17.9 Å². The van der Waals surface area contributed by atoms with Crippen LogP contribution in [0.3, 0.4) is 0 Å². The Kier molecular flexibility index (Phi) is 5.31. The summed E-state index contributed by atoms with van der Waals surface area (Å²) in [5.74, 6) is 1.11. The van der Waals surface area contributed by atoms with Crippen LogP contribution in [0, 0.1) is 0 Å². The van der Waals surface area contributed by atoms with Crippen LogP contribution >= 0.6 is 11.3 Å². The summed E-state index contributed by atoms with van der Waals surface area (Å²) in [4.78, 5) is 5.21. The third-order valence-corrected chi connectivity index (χ3v) is 5.14. The highest BCUT2D eigenvalue weighted by molar-refractivity contribution is 7.07. The standard InChI is InChI=1S/C22H19N3O3S/c1-3-11-23-22-25(24-13-16-8-6-10-19(27-2)21(16)26)17(14-29-22)20-12-15-7-4-5-9-18(15)28-20/h3-10,12-14,26H,1,11H2,2H3. The van der Waals surface area contributed by atoms with Crippen LogP contribution in [-0.4, -0.2) is 29.7 Å². The molecule has 0 unspecified atom stereocenters. The molecule has 146 valence electrons. The van der Waals surface area contributed by atoms with Gasteiger partial charge in [0.1, 0.15) is 11.3 Å². The highest BCUT2D eigenvalue weighted by atomic mass is 32.1. The van der Waals surface area contributed by atoms with E-state index in [4.69, 9.17) is 9.15 Å². The van der Waals surface area contributed by atoms with Gasteiger partial charge in [0.15, 0.2) is 17.3 Å². The average molecular weight is 405 g/mol. The van der Waals surface area contributed by atoms with Gasteiger partial charge in [-0.3, -0.25) is 4.99 Å². The second kappa shape index (κ2) is 8.20. The van der Waals surface area contributed by atoms with Gasteiger partial charge in [0.2, 0.25) is 4.80 Å². The molecule has 0 aliphatic heterocycles. The maximum atomic E-state index is 10.3. The number of methoxy groups -OCH3 is 1. The van der Waals surface area contributed by atoms with E-state index >= 15 is 0 Å². The summed E-state index contributed by atoms with van der Waals surface area (Å²) in [6.07, 6.45) is 3.30. The molecule has 2 heterocycles. The highest BCUT2D eigenvalue weighted by Crippen LogP contribution is 2.29. The smallest absolute Gasteiger partial charge is 0.206 e. The SMILES string of the molecule is C=CCN=c1scc(-c2cc3ccccc3o2)n1N=Cc1cccc(OC)c1O. The van der Waals surface area contributed by atoms with E-state index in [1.165, 1.54) is 18.4 Å². The average Bonchev–Trinajstić information content (AvgIpc) is 3.35. The number of hydrogen-bond acceptors (Lipinski definition) is 6. The molecule has 0 aliphatic carbocycles. The number of hydrogen-bond donors (Lipinski definition) is 1. The Balaban J connectivity index is 1.82. The van der Waals surface area contributed by atoms with Crippen molar-refractivity contribution in [2.75, 3.05) is 13.7 Å². The van der Waals surface area contributed by atoms with E-state index < -0.39 is 0 Å². The zero-order valence-electron chi connectivity index (χ0n) is 15.8. The van der Waals surface area contributed by atoms with Gasteiger partial charge in [0, 0.05) is 16.3 Å². The van der Waals surface area contributed by atoms with E-state index in [0.29, 0.717) is 28.4 Å². The molecule has 4 rings (SSSR count). The minimum atomic E-state index is 0.0319. The van der Waals surface area contributed by atoms with E-state index in [9.17, 15) is 5.11 Å². The number of furan rings is 1. The largest absolute Gasteiger partial charge is 0.504 e. The first-order chi connectivity index (χ1) is 14.2. The Morgan fingerprint density at radius 3 is 2.90 bits per heavy atom. The van der Waals surface area contributed by atoms with E-state index in [1.807, 2.05) is 35.7 Å². The summed E-state index contributed by atoms with van der Waals surface area (Å²) >= 11 is 1.46. The van der Waals surface area contributed by atoms with E-state index in [0.717, 1.165) is 16.7 Å². The molecule has 2 aromatic carbocycles. The first kappa shape index (κ1) is 18.8. The van der Waals surface area contributed by atoms with Crippen LogP contribution in [0.25, 0.3) is 22.4 Å². The maximum Gasteiger partial charge on any atom is 0.206 e. The molecule has 7 heteroatoms. The van der Waals surface area contributed by atoms with Crippen molar-refractivity contribution in [1.29, 1.82) is 0 Å². The molecule has 0 spiro atoms. The lowest BCUT2D eigenvalue weighted by molar-refractivity contribution is 0.373. The molecule has 1 N–H and O–H groups in total. The van der Waals surface area contributed by atoms with E-state index in [-0.39, 0.29) is 5.75 Å². The van der Waals surface area contributed by atoms with Crippen molar-refractivity contribution in [3.8, 4) is 23.0 Å². The molecule has 0 amide bonds. The summed E-state index contributed by atoms with van der Waals surface area (Å²) in [7, 11) is 1.51. The lowest BCUT2D eigenvalue weighted by Crippen LogP contribution is -2.12. The number of phenolic OH excluding ortho intramolecular Hbond substituents is 1. The molecule has 0 radical (unpaired) electrons. The monoisotopic (exact) mass is 405 g/mol. The van der Waals surface area contributed by atoms with Crippen molar-refractivity contribution in [3.63, 3.8) is 0 Å².